The van der Waals surface area contributed by atoms with Gasteiger partial charge in [-0.2, -0.15) is 0 Å². The predicted molar refractivity (Wildman–Crippen MR) is 15.5 cm³/mol. The van der Waals surface area contributed by atoms with Gasteiger partial charge in [0.15, 0.2) is 0 Å². The van der Waals surface area contributed by atoms with Crippen molar-refractivity contribution in [1.29, 1.82) is 0 Å². The summed E-state index contributed by atoms with van der Waals surface area (Å²) in [5.74, 6) is 0. The Balaban J connectivity index is 2.80. The first-order valence-electron chi connectivity index (χ1n) is 0.623. The van der Waals surface area contributed by atoms with Gasteiger partial charge < -0.3 is 0 Å². The molecule has 24 valence electrons. The van der Waals surface area contributed by atoms with E-state index in [1.807, 2.05) is 0 Å². The van der Waals surface area contributed by atoms with E-state index in [0.29, 0.717) is 0 Å². The van der Waals surface area contributed by atoms with Crippen LogP contribution in [0.2, 0.25) is 0 Å². The van der Waals surface area contributed by atoms with Crippen molar-refractivity contribution in [2.24, 2.45) is 0 Å². The molecule has 0 spiro atoms. The molecule has 0 N–H and O–H groups in total. The van der Waals surface area contributed by atoms with E-state index in [1.165, 1.54) is 0 Å². The van der Waals surface area contributed by atoms with Crippen LogP contribution >= 0.6 is 0 Å². The number of rotatable bonds is 0. The summed E-state index contributed by atoms with van der Waals surface area (Å²) >= 11 is -0.0926. The summed E-state index contributed by atoms with van der Waals surface area (Å²) < 4.78 is -0.333. The van der Waals surface area contributed by atoms with Crippen LogP contribution in [0.5, 0.6) is 0 Å². The van der Waals surface area contributed by atoms with Gasteiger partial charge in [0.25, 0.3) is 0 Å². The molecule has 4 heavy (non-hydrogen) atoms. The van der Waals surface area contributed by atoms with Crippen molar-refractivity contribution in [2.45, 2.75) is 0 Å². The second-order valence-electron chi connectivity index (χ2n) is 0.285. The van der Waals surface area contributed by atoms with Gasteiger partial charge in [-0.15, -0.1) is 0 Å². The Hall–Kier alpha value is 0.283. The number of hydrogen-bond donors (Lipinski definition) is 0. The van der Waals surface area contributed by atoms with Crippen LogP contribution in [0.15, 0.2) is 0 Å². The fourth-order valence-electron chi connectivity index (χ4n) is 0. The summed E-state index contributed by atoms with van der Waals surface area (Å²) in [5, 5.41) is 8.88. The number of nitrogens with zero attached hydrogens (tertiary/aromatic N) is 1. The molecule has 0 aliphatic carbocycles. The van der Waals surface area contributed by atoms with Gasteiger partial charge in [0.2, 0.25) is 0 Å². The molecule has 0 saturated heterocycles. The van der Waals surface area contributed by atoms with Crippen LogP contribution in [-0.2, 0) is 0 Å². The van der Waals surface area contributed by atoms with E-state index in [4.69, 9.17) is 10.1 Å². The minimum atomic E-state index is -0.333. The predicted octanol–water partition coefficient (Wildman–Crippen LogP) is -1.19. The average molecular weight is 257 g/mol. The fraction of sp³-hybridized carbons (Fsp3) is 0. The molecule has 0 atom stereocenters. The van der Waals surface area contributed by atoms with E-state index in [2.05, 4.69) is 0 Å². The molecule has 0 heterocycles. The molecule has 0 aromatic rings. The molecule has 0 aromatic heterocycles. The van der Waals surface area contributed by atoms with Crippen molar-refractivity contribution in [3.63, 3.8) is 0 Å². The van der Waals surface area contributed by atoms with Gasteiger partial charge in [-0.3, -0.25) is 0 Å². The van der Waals surface area contributed by atoms with E-state index >= 15 is 0 Å². The number of nitro groups is 1. The summed E-state index contributed by atoms with van der Waals surface area (Å²) in [5.41, 5.74) is 0. The number of hydrogen-bond acceptors (Lipinski definition) is 2. The Labute approximate surface area is 38.4 Å². The zero-order valence-corrected chi connectivity index (χ0v) is 6.33. The molecular formula is H2BiNO2. The third-order valence-electron chi connectivity index (χ3n) is 0. The Morgan fingerprint density at radius 1 is 2.00 bits per heavy atom. The molecule has 0 saturated carbocycles. The van der Waals surface area contributed by atoms with Gasteiger partial charge in [-0.25, -0.2) is 0 Å². The molecule has 0 rings (SSSR count). The van der Waals surface area contributed by atoms with E-state index in [0.717, 1.165) is 0 Å². The molecule has 0 aliphatic heterocycles. The minimum absolute atomic E-state index is 0.0926. The average Bonchev–Trinajstić information content (AvgIpc) is 0.811. The molecule has 0 unspecified atom stereocenters. The van der Waals surface area contributed by atoms with E-state index in [9.17, 15) is 0 Å². The van der Waals surface area contributed by atoms with Gasteiger partial charge in [0.05, 0.1) is 0 Å². The summed E-state index contributed by atoms with van der Waals surface area (Å²) in [6.45, 7) is 0. The van der Waals surface area contributed by atoms with E-state index in [-0.39, 0.29) is 27.9 Å². The third kappa shape index (κ3) is 46.9. The quantitative estimate of drug-likeness (QED) is 0.311. The molecule has 0 aromatic carbocycles. The van der Waals surface area contributed by atoms with Crippen molar-refractivity contribution in [3.05, 3.63) is 10.1 Å². The van der Waals surface area contributed by atoms with Crippen LogP contribution in [0.4, 0.5) is 0 Å². The van der Waals surface area contributed by atoms with Gasteiger partial charge in [0.1, 0.15) is 0 Å². The van der Waals surface area contributed by atoms with Crippen LogP contribution in [0.3, 0.4) is 0 Å². The zero-order valence-electron chi connectivity index (χ0n) is 1.84. The van der Waals surface area contributed by atoms with Crippen LogP contribution in [0.25, 0.3) is 0 Å². The van der Waals surface area contributed by atoms with Crippen molar-refractivity contribution in [1.82, 2.24) is 0 Å². The van der Waals surface area contributed by atoms with Crippen LogP contribution in [0.1, 0.15) is 0 Å². The SMILES string of the molecule is O=[N+]([O-])[BiH2]. The Morgan fingerprint density at radius 2 is 2.00 bits per heavy atom. The normalized spacial score (nSPS) is 6.25. The summed E-state index contributed by atoms with van der Waals surface area (Å²) in [6.07, 6.45) is 0. The first kappa shape index (κ1) is 4.28. The van der Waals surface area contributed by atoms with Crippen LogP contribution in [-0.4, -0.2) is 27.9 Å². The van der Waals surface area contributed by atoms with Gasteiger partial charge in [-0.05, 0) is 0 Å². The van der Waals surface area contributed by atoms with Crippen molar-refractivity contribution >= 4 is 25.0 Å². The van der Waals surface area contributed by atoms with E-state index in [1.54, 1.807) is 0 Å². The Bertz CT molecular complexity index is 29.0. The first-order chi connectivity index (χ1) is 1.73. The molecule has 0 fully saturated rings. The molecule has 0 amide bonds. The summed E-state index contributed by atoms with van der Waals surface area (Å²) in [7, 11) is 0. The second kappa shape index (κ2) is 1.59. The molecular weight excluding hydrogens is 255 g/mol. The Kier molecular flexibility index (Phi) is 1.70. The summed E-state index contributed by atoms with van der Waals surface area (Å²) in [4.78, 5) is 8.88. The standard InChI is InChI=1S/Bi.NO2.2H/c;2-1-3;;. The van der Waals surface area contributed by atoms with Gasteiger partial charge >= 0.3 is 38.0 Å². The van der Waals surface area contributed by atoms with Crippen molar-refractivity contribution in [3.8, 4) is 0 Å². The molecule has 4 heteroatoms. The van der Waals surface area contributed by atoms with Crippen molar-refractivity contribution in [2.75, 3.05) is 0 Å². The van der Waals surface area contributed by atoms with Crippen LogP contribution < -0.4 is 0 Å². The zero-order chi connectivity index (χ0) is 3.58. The van der Waals surface area contributed by atoms with Crippen LogP contribution in [0, 0.1) is 10.1 Å². The molecule has 3 nitrogen and oxygen atoms in total. The summed E-state index contributed by atoms with van der Waals surface area (Å²) in [6, 6.07) is 0. The Morgan fingerprint density at radius 3 is 2.00 bits per heavy atom. The maximum atomic E-state index is 8.88. The van der Waals surface area contributed by atoms with Crippen molar-refractivity contribution < 1.29 is 2.87 Å². The molecule has 0 aliphatic rings. The third-order valence-corrected chi connectivity index (χ3v) is 0. The van der Waals surface area contributed by atoms with Gasteiger partial charge in [-0.1, -0.05) is 0 Å². The van der Waals surface area contributed by atoms with E-state index < -0.39 is 0 Å². The molecule has 0 radical (unpaired) electrons. The monoisotopic (exact) mass is 257 g/mol. The second-order valence-corrected chi connectivity index (χ2v) is 1.92. The molecule has 0 bridgehead atoms. The van der Waals surface area contributed by atoms with Gasteiger partial charge in [0, 0.05) is 0 Å². The fourth-order valence-corrected chi connectivity index (χ4v) is 0. The maximum absolute atomic E-state index is 8.88. The first-order valence-corrected chi connectivity index (χ1v) is 2.63. The topological polar surface area (TPSA) is 43.1 Å².